The van der Waals surface area contributed by atoms with E-state index < -0.39 is 0 Å². The predicted octanol–water partition coefficient (Wildman–Crippen LogP) is 2.56. The maximum absolute atomic E-state index is 6.04. The molecule has 0 bridgehead atoms. The standard InChI is InChI=1S/C13H16ClN5S/c1-2-17-7-8-5-9(14)3-4-10(8)20-13-18-11(15)6-12(16)19-13/h3-6,17H,2,7H2,1H3,(H4,15,16,18,19). The maximum Gasteiger partial charge on any atom is 0.196 e. The van der Waals surface area contributed by atoms with Gasteiger partial charge in [-0.15, -0.1) is 0 Å². The summed E-state index contributed by atoms with van der Waals surface area (Å²) in [5, 5.41) is 4.51. The van der Waals surface area contributed by atoms with E-state index in [-0.39, 0.29) is 0 Å². The fraction of sp³-hybridized carbons (Fsp3) is 0.231. The molecule has 7 heteroatoms. The lowest BCUT2D eigenvalue weighted by Gasteiger charge is -2.10. The molecule has 0 saturated carbocycles. The zero-order valence-corrected chi connectivity index (χ0v) is 12.6. The van der Waals surface area contributed by atoms with E-state index in [4.69, 9.17) is 23.1 Å². The van der Waals surface area contributed by atoms with Gasteiger partial charge in [0.05, 0.1) is 0 Å². The van der Waals surface area contributed by atoms with Gasteiger partial charge in [-0.2, -0.15) is 0 Å². The third-order valence-electron chi connectivity index (χ3n) is 2.53. The number of hydrogen-bond donors (Lipinski definition) is 3. The largest absolute Gasteiger partial charge is 0.383 e. The molecule has 0 aliphatic heterocycles. The molecule has 1 heterocycles. The van der Waals surface area contributed by atoms with E-state index >= 15 is 0 Å². The van der Waals surface area contributed by atoms with Crippen LogP contribution >= 0.6 is 23.4 Å². The smallest absolute Gasteiger partial charge is 0.196 e. The summed E-state index contributed by atoms with van der Waals surface area (Å²) in [7, 11) is 0. The first-order valence-electron chi connectivity index (χ1n) is 6.15. The number of halogens is 1. The Bertz CT molecular complexity index is 585. The summed E-state index contributed by atoms with van der Waals surface area (Å²) < 4.78 is 0. The van der Waals surface area contributed by atoms with Crippen molar-refractivity contribution in [3.8, 4) is 0 Å². The third kappa shape index (κ3) is 4.00. The summed E-state index contributed by atoms with van der Waals surface area (Å²) >= 11 is 7.46. The molecule has 1 aromatic carbocycles. The molecule has 20 heavy (non-hydrogen) atoms. The van der Waals surface area contributed by atoms with Crippen LogP contribution in [-0.4, -0.2) is 16.5 Å². The van der Waals surface area contributed by atoms with E-state index in [0.29, 0.717) is 21.8 Å². The van der Waals surface area contributed by atoms with Crippen molar-refractivity contribution in [2.45, 2.75) is 23.5 Å². The van der Waals surface area contributed by atoms with Crippen LogP contribution < -0.4 is 16.8 Å². The van der Waals surface area contributed by atoms with Crippen molar-refractivity contribution in [3.05, 3.63) is 34.9 Å². The Hall–Kier alpha value is -1.50. The minimum absolute atomic E-state index is 0.363. The highest BCUT2D eigenvalue weighted by Crippen LogP contribution is 2.30. The highest BCUT2D eigenvalue weighted by molar-refractivity contribution is 7.99. The Morgan fingerprint density at radius 1 is 1.20 bits per heavy atom. The van der Waals surface area contributed by atoms with Crippen LogP contribution in [0.5, 0.6) is 0 Å². The van der Waals surface area contributed by atoms with Crippen molar-refractivity contribution in [2.24, 2.45) is 0 Å². The number of hydrogen-bond acceptors (Lipinski definition) is 6. The molecule has 0 atom stereocenters. The van der Waals surface area contributed by atoms with Gasteiger partial charge in [0.2, 0.25) is 0 Å². The fourth-order valence-electron chi connectivity index (χ4n) is 1.65. The van der Waals surface area contributed by atoms with Gasteiger partial charge in [-0.1, -0.05) is 18.5 Å². The summed E-state index contributed by atoms with van der Waals surface area (Å²) in [4.78, 5) is 9.37. The molecule has 5 N–H and O–H groups in total. The van der Waals surface area contributed by atoms with Crippen LogP contribution in [0.2, 0.25) is 5.02 Å². The summed E-state index contributed by atoms with van der Waals surface area (Å²) in [6.45, 7) is 3.68. The Kier molecular flexibility index (Phi) is 5.05. The number of nitrogen functional groups attached to an aromatic ring is 2. The molecule has 0 saturated heterocycles. The van der Waals surface area contributed by atoms with Crippen LogP contribution in [0.4, 0.5) is 11.6 Å². The molecule has 106 valence electrons. The average Bonchev–Trinajstić information content (AvgIpc) is 2.38. The highest BCUT2D eigenvalue weighted by Gasteiger charge is 2.08. The van der Waals surface area contributed by atoms with Crippen LogP contribution in [0.1, 0.15) is 12.5 Å². The van der Waals surface area contributed by atoms with E-state index in [1.54, 1.807) is 0 Å². The molecule has 0 unspecified atom stereocenters. The fourth-order valence-corrected chi connectivity index (χ4v) is 2.74. The lowest BCUT2D eigenvalue weighted by molar-refractivity contribution is 0.718. The van der Waals surface area contributed by atoms with E-state index in [0.717, 1.165) is 23.5 Å². The lowest BCUT2D eigenvalue weighted by Crippen LogP contribution is -2.12. The van der Waals surface area contributed by atoms with Gasteiger partial charge >= 0.3 is 0 Å². The number of nitrogens with zero attached hydrogens (tertiary/aromatic N) is 2. The molecule has 2 aromatic rings. The van der Waals surface area contributed by atoms with E-state index in [1.807, 2.05) is 18.2 Å². The zero-order chi connectivity index (χ0) is 14.5. The Morgan fingerprint density at radius 2 is 1.90 bits per heavy atom. The van der Waals surface area contributed by atoms with Gasteiger partial charge in [-0.3, -0.25) is 0 Å². The number of rotatable bonds is 5. The van der Waals surface area contributed by atoms with Crippen LogP contribution in [0.15, 0.2) is 34.3 Å². The lowest BCUT2D eigenvalue weighted by atomic mass is 10.2. The van der Waals surface area contributed by atoms with Crippen molar-refractivity contribution in [2.75, 3.05) is 18.0 Å². The van der Waals surface area contributed by atoms with Crippen molar-refractivity contribution in [1.29, 1.82) is 0 Å². The van der Waals surface area contributed by atoms with Gasteiger partial charge in [0.15, 0.2) is 5.16 Å². The second-order valence-corrected chi connectivity index (χ2v) is 5.58. The zero-order valence-electron chi connectivity index (χ0n) is 11.1. The second-order valence-electron chi connectivity index (χ2n) is 4.13. The maximum atomic E-state index is 6.04. The van der Waals surface area contributed by atoms with Crippen LogP contribution in [-0.2, 0) is 6.54 Å². The van der Waals surface area contributed by atoms with Crippen molar-refractivity contribution >= 4 is 35.0 Å². The van der Waals surface area contributed by atoms with E-state index in [1.165, 1.54) is 17.8 Å². The Morgan fingerprint density at radius 3 is 2.55 bits per heavy atom. The quantitative estimate of drug-likeness (QED) is 0.735. The van der Waals surface area contributed by atoms with Gasteiger partial charge in [-0.25, -0.2) is 9.97 Å². The molecule has 2 rings (SSSR count). The molecule has 5 nitrogen and oxygen atoms in total. The number of nitrogens with one attached hydrogen (secondary N) is 1. The summed E-state index contributed by atoms with van der Waals surface area (Å²) in [5.74, 6) is 0.726. The number of aromatic nitrogens is 2. The van der Waals surface area contributed by atoms with E-state index in [2.05, 4.69) is 22.2 Å². The van der Waals surface area contributed by atoms with E-state index in [9.17, 15) is 0 Å². The molecule has 0 fully saturated rings. The molecule has 0 aliphatic rings. The predicted molar refractivity (Wildman–Crippen MR) is 83.8 cm³/mol. The van der Waals surface area contributed by atoms with Gasteiger partial charge in [0.25, 0.3) is 0 Å². The average molecular weight is 310 g/mol. The molecular formula is C13H16ClN5S. The van der Waals surface area contributed by atoms with Crippen molar-refractivity contribution in [1.82, 2.24) is 15.3 Å². The topological polar surface area (TPSA) is 89.8 Å². The van der Waals surface area contributed by atoms with Gasteiger partial charge in [-0.05, 0) is 42.1 Å². The molecule has 0 aliphatic carbocycles. The first-order chi connectivity index (χ1) is 9.58. The Labute approximate surface area is 127 Å². The second kappa shape index (κ2) is 6.78. The van der Waals surface area contributed by atoms with Crippen molar-refractivity contribution < 1.29 is 0 Å². The monoisotopic (exact) mass is 309 g/mol. The molecule has 1 aromatic heterocycles. The summed E-state index contributed by atoms with van der Waals surface area (Å²) in [6, 6.07) is 7.26. The third-order valence-corrected chi connectivity index (χ3v) is 3.75. The molecule has 0 radical (unpaired) electrons. The summed E-state index contributed by atoms with van der Waals surface area (Å²) in [5.41, 5.74) is 12.4. The number of anilines is 2. The number of benzene rings is 1. The first-order valence-corrected chi connectivity index (χ1v) is 7.35. The van der Waals surface area contributed by atoms with Gasteiger partial charge < -0.3 is 16.8 Å². The summed E-state index contributed by atoms with van der Waals surface area (Å²) in [6.07, 6.45) is 0. The van der Waals surface area contributed by atoms with Crippen LogP contribution in [0.25, 0.3) is 0 Å². The SMILES string of the molecule is CCNCc1cc(Cl)ccc1Sc1nc(N)cc(N)n1. The normalized spacial score (nSPS) is 10.7. The van der Waals surface area contributed by atoms with Gasteiger partial charge in [0, 0.05) is 22.5 Å². The van der Waals surface area contributed by atoms with Crippen LogP contribution in [0, 0.1) is 0 Å². The highest BCUT2D eigenvalue weighted by atomic mass is 35.5. The molecule has 0 amide bonds. The minimum Gasteiger partial charge on any atom is -0.383 e. The van der Waals surface area contributed by atoms with Crippen LogP contribution in [0.3, 0.4) is 0 Å². The van der Waals surface area contributed by atoms with Crippen molar-refractivity contribution in [3.63, 3.8) is 0 Å². The molecular weight excluding hydrogens is 294 g/mol. The molecule has 0 spiro atoms. The minimum atomic E-state index is 0.363. The first kappa shape index (κ1) is 14.9. The Balaban J connectivity index is 2.27. The number of nitrogens with two attached hydrogens (primary N) is 2. The van der Waals surface area contributed by atoms with Gasteiger partial charge in [0.1, 0.15) is 11.6 Å².